The molecule has 1 atom stereocenters. The smallest absolute Gasteiger partial charge is 0.00748 e. The summed E-state index contributed by atoms with van der Waals surface area (Å²) in [4.78, 5) is 0. The normalized spacial score (nSPS) is 43.7. The van der Waals surface area contributed by atoms with Gasteiger partial charge in [0.15, 0.2) is 0 Å². The average Bonchev–Trinajstić information content (AvgIpc) is 2.34. The SMILES string of the molecule is CCC(CC)NC(C)C1C2CC3CC(C2)CC1C3. The van der Waals surface area contributed by atoms with Crippen LogP contribution in [0.25, 0.3) is 0 Å². The second kappa shape index (κ2) is 5.15. The fraction of sp³-hybridized carbons (Fsp3) is 1.00. The molecule has 1 N–H and O–H groups in total. The van der Waals surface area contributed by atoms with Crippen molar-refractivity contribution in [2.75, 3.05) is 0 Å². The lowest BCUT2D eigenvalue weighted by molar-refractivity contribution is -0.0506. The largest absolute Gasteiger partial charge is 0.311 e. The zero-order valence-corrected chi connectivity index (χ0v) is 12.5. The van der Waals surface area contributed by atoms with Crippen LogP contribution in [0.15, 0.2) is 0 Å². The standard InChI is InChI=1S/C17H31N/c1-4-16(5-2)18-11(3)17-14-7-12-6-13(9-14)10-15(17)8-12/h11-18H,4-10H2,1-3H3. The van der Waals surface area contributed by atoms with Gasteiger partial charge in [-0.3, -0.25) is 0 Å². The third-order valence-corrected chi connectivity index (χ3v) is 6.36. The van der Waals surface area contributed by atoms with Crippen LogP contribution in [-0.4, -0.2) is 12.1 Å². The second-order valence-electron chi connectivity index (χ2n) is 7.48. The van der Waals surface area contributed by atoms with Gasteiger partial charge in [0.2, 0.25) is 0 Å². The van der Waals surface area contributed by atoms with Crippen molar-refractivity contribution < 1.29 is 0 Å². The van der Waals surface area contributed by atoms with Crippen molar-refractivity contribution in [3.63, 3.8) is 0 Å². The molecule has 4 fully saturated rings. The zero-order chi connectivity index (χ0) is 12.7. The van der Waals surface area contributed by atoms with Crippen molar-refractivity contribution in [1.29, 1.82) is 0 Å². The average molecular weight is 249 g/mol. The van der Waals surface area contributed by atoms with Gasteiger partial charge in [-0.1, -0.05) is 13.8 Å². The molecule has 4 aliphatic rings. The molecule has 0 heterocycles. The maximum atomic E-state index is 3.94. The highest BCUT2D eigenvalue weighted by Crippen LogP contribution is 2.57. The molecule has 0 radical (unpaired) electrons. The summed E-state index contributed by atoms with van der Waals surface area (Å²) in [6.45, 7) is 7.13. The molecule has 0 aromatic carbocycles. The van der Waals surface area contributed by atoms with E-state index in [0.29, 0.717) is 0 Å². The Morgan fingerprint density at radius 2 is 1.39 bits per heavy atom. The first-order chi connectivity index (χ1) is 8.71. The van der Waals surface area contributed by atoms with Crippen LogP contribution in [0.3, 0.4) is 0 Å². The van der Waals surface area contributed by atoms with Crippen molar-refractivity contribution in [3.8, 4) is 0 Å². The fourth-order valence-electron chi connectivity index (χ4n) is 5.79. The molecule has 0 saturated heterocycles. The molecule has 0 amide bonds. The molecule has 4 rings (SSSR count). The Morgan fingerprint density at radius 3 is 1.83 bits per heavy atom. The van der Waals surface area contributed by atoms with Crippen LogP contribution in [0.5, 0.6) is 0 Å². The van der Waals surface area contributed by atoms with Crippen molar-refractivity contribution in [1.82, 2.24) is 5.32 Å². The van der Waals surface area contributed by atoms with E-state index >= 15 is 0 Å². The van der Waals surface area contributed by atoms with Crippen LogP contribution in [0.4, 0.5) is 0 Å². The molecule has 104 valence electrons. The Kier molecular flexibility index (Phi) is 3.71. The van der Waals surface area contributed by atoms with E-state index < -0.39 is 0 Å². The minimum atomic E-state index is 0.747. The van der Waals surface area contributed by atoms with Crippen LogP contribution >= 0.6 is 0 Å². The molecule has 1 unspecified atom stereocenters. The maximum absolute atomic E-state index is 3.94. The highest BCUT2D eigenvalue weighted by Gasteiger charge is 2.49. The molecule has 4 bridgehead atoms. The number of hydrogen-bond donors (Lipinski definition) is 1. The van der Waals surface area contributed by atoms with Crippen molar-refractivity contribution >= 4 is 0 Å². The molecule has 0 aromatic heterocycles. The minimum Gasteiger partial charge on any atom is -0.311 e. The van der Waals surface area contributed by atoms with E-state index in [9.17, 15) is 0 Å². The minimum absolute atomic E-state index is 0.747. The molecular formula is C17H31N. The van der Waals surface area contributed by atoms with Crippen LogP contribution in [0.2, 0.25) is 0 Å². The van der Waals surface area contributed by atoms with E-state index in [0.717, 1.165) is 41.7 Å². The quantitative estimate of drug-likeness (QED) is 0.769. The first kappa shape index (κ1) is 13.0. The predicted octanol–water partition coefficient (Wildman–Crippen LogP) is 4.23. The monoisotopic (exact) mass is 249 g/mol. The van der Waals surface area contributed by atoms with E-state index in [1.54, 1.807) is 32.1 Å². The number of nitrogens with one attached hydrogen (secondary N) is 1. The van der Waals surface area contributed by atoms with Gasteiger partial charge in [-0.25, -0.2) is 0 Å². The van der Waals surface area contributed by atoms with Crippen molar-refractivity contribution in [2.24, 2.45) is 29.6 Å². The Hall–Kier alpha value is -0.0400. The third kappa shape index (κ3) is 2.24. The summed E-state index contributed by atoms with van der Waals surface area (Å²) >= 11 is 0. The van der Waals surface area contributed by atoms with E-state index in [1.807, 2.05) is 0 Å². The van der Waals surface area contributed by atoms with Gasteiger partial charge in [-0.2, -0.15) is 0 Å². The van der Waals surface area contributed by atoms with Crippen molar-refractivity contribution in [3.05, 3.63) is 0 Å². The van der Waals surface area contributed by atoms with Gasteiger partial charge in [0.05, 0.1) is 0 Å². The summed E-state index contributed by atoms with van der Waals surface area (Å²) in [5.74, 6) is 5.36. The second-order valence-corrected chi connectivity index (χ2v) is 7.48. The number of hydrogen-bond acceptors (Lipinski definition) is 1. The van der Waals surface area contributed by atoms with Crippen LogP contribution in [0, 0.1) is 29.6 Å². The molecular weight excluding hydrogens is 218 g/mol. The molecule has 0 aliphatic heterocycles. The van der Waals surface area contributed by atoms with E-state index in [4.69, 9.17) is 0 Å². The topological polar surface area (TPSA) is 12.0 Å². The van der Waals surface area contributed by atoms with Gasteiger partial charge in [0, 0.05) is 12.1 Å². The Bertz CT molecular complexity index is 253. The van der Waals surface area contributed by atoms with Gasteiger partial charge in [0.25, 0.3) is 0 Å². The lowest BCUT2D eigenvalue weighted by Crippen LogP contribution is -2.53. The molecule has 0 spiro atoms. The Morgan fingerprint density at radius 1 is 0.889 bits per heavy atom. The van der Waals surface area contributed by atoms with Crippen LogP contribution < -0.4 is 5.32 Å². The van der Waals surface area contributed by atoms with E-state index in [2.05, 4.69) is 26.1 Å². The van der Waals surface area contributed by atoms with Crippen molar-refractivity contribution in [2.45, 2.75) is 77.8 Å². The summed E-state index contributed by atoms with van der Waals surface area (Å²) in [5.41, 5.74) is 0. The van der Waals surface area contributed by atoms with Gasteiger partial charge in [-0.05, 0) is 81.5 Å². The zero-order valence-electron chi connectivity index (χ0n) is 12.5. The molecule has 4 saturated carbocycles. The molecule has 1 heteroatoms. The summed E-state index contributed by atoms with van der Waals surface area (Å²) in [7, 11) is 0. The van der Waals surface area contributed by atoms with Gasteiger partial charge in [-0.15, -0.1) is 0 Å². The van der Waals surface area contributed by atoms with Crippen LogP contribution in [0.1, 0.15) is 65.7 Å². The van der Waals surface area contributed by atoms with Gasteiger partial charge < -0.3 is 5.32 Å². The highest BCUT2D eigenvalue weighted by atomic mass is 15.0. The first-order valence-corrected chi connectivity index (χ1v) is 8.47. The lowest BCUT2D eigenvalue weighted by Gasteiger charge is -2.56. The maximum Gasteiger partial charge on any atom is 0.00748 e. The predicted molar refractivity (Wildman–Crippen MR) is 77.5 cm³/mol. The first-order valence-electron chi connectivity index (χ1n) is 8.47. The molecule has 4 aliphatic carbocycles. The molecule has 1 nitrogen and oxygen atoms in total. The van der Waals surface area contributed by atoms with Gasteiger partial charge in [0.1, 0.15) is 0 Å². The molecule has 18 heavy (non-hydrogen) atoms. The lowest BCUT2D eigenvalue weighted by atomic mass is 9.50. The summed E-state index contributed by atoms with van der Waals surface area (Å²) in [5, 5.41) is 3.94. The Balaban J connectivity index is 1.65. The third-order valence-electron chi connectivity index (χ3n) is 6.36. The summed E-state index contributed by atoms with van der Waals surface area (Å²) in [6.07, 6.45) is 10.4. The number of rotatable bonds is 5. The molecule has 0 aromatic rings. The van der Waals surface area contributed by atoms with Crippen LogP contribution in [-0.2, 0) is 0 Å². The van der Waals surface area contributed by atoms with E-state index in [-0.39, 0.29) is 0 Å². The summed E-state index contributed by atoms with van der Waals surface area (Å²) in [6, 6.07) is 1.50. The summed E-state index contributed by atoms with van der Waals surface area (Å²) < 4.78 is 0. The van der Waals surface area contributed by atoms with E-state index in [1.165, 1.54) is 12.8 Å². The Labute approximate surface area is 113 Å². The fourth-order valence-corrected chi connectivity index (χ4v) is 5.79. The highest BCUT2D eigenvalue weighted by molar-refractivity contribution is 5.01. The van der Waals surface area contributed by atoms with Gasteiger partial charge >= 0.3 is 0 Å².